The quantitative estimate of drug-likeness (QED) is 0.684. The summed E-state index contributed by atoms with van der Waals surface area (Å²) >= 11 is 6.48. The molecular weight excluding hydrogens is 330 g/mol. The van der Waals surface area contributed by atoms with Gasteiger partial charge in [-0.1, -0.05) is 11.6 Å². The van der Waals surface area contributed by atoms with Crippen LogP contribution in [0.4, 0.5) is 0 Å². The minimum atomic E-state index is 0.662. The molecule has 0 saturated heterocycles. The fraction of sp³-hybridized carbons (Fsp3) is 0.727. The summed E-state index contributed by atoms with van der Waals surface area (Å²) in [7, 11) is 0. The van der Waals surface area contributed by atoms with Gasteiger partial charge in [0.05, 0.1) is 0 Å². The number of fused-ring (bicyclic) bond motifs is 1. The topological polar surface area (TPSA) is 12.5 Å². The molecule has 0 spiro atoms. The molecule has 0 unspecified atom stereocenters. The second-order valence-electron chi connectivity index (χ2n) is 9.60. The highest BCUT2D eigenvalue weighted by Crippen LogP contribution is 2.61. The lowest BCUT2D eigenvalue weighted by Gasteiger charge is -2.57. The number of aryl methyl sites for hydroxylation is 1. The van der Waals surface area contributed by atoms with Crippen LogP contribution in [0.5, 0.6) is 5.75 Å². The van der Waals surface area contributed by atoms with Gasteiger partial charge in [-0.05, 0) is 99.2 Å². The van der Waals surface area contributed by atoms with E-state index in [9.17, 15) is 0 Å². The Labute approximate surface area is 156 Å². The van der Waals surface area contributed by atoms with Crippen molar-refractivity contribution in [1.82, 2.24) is 4.90 Å². The van der Waals surface area contributed by atoms with E-state index in [-0.39, 0.29) is 0 Å². The number of ether oxygens (including phenoxy) is 1. The summed E-state index contributed by atoms with van der Waals surface area (Å²) in [6, 6.07) is 2.11. The Morgan fingerprint density at radius 3 is 2.40 bits per heavy atom. The van der Waals surface area contributed by atoms with Gasteiger partial charge in [0.2, 0.25) is 0 Å². The Kier molecular flexibility index (Phi) is 3.87. The van der Waals surface area contributed by atoms with Crippen LogP contribution in [0.2, 0.25) is 5.02 Å². The predicted molar refractivity (Wildman–Crippen MR) is 102 cm³/mol. The van der Waals surface area contributed by atoms with Crippen molar-refractivity contribution in [3.8, 4) is 5.75 Å². The molecule has 0 amide bonds. The molecule has 1 aromatic rings. The molecule has 0 atom stereocenters. The molecule has 6 rings (SSSR count). The molecule has 4 bridgehead atoms. The first-order chi connectivity index (χ1) is 12.0. The van der Waals surface area contributed by atoms with Gasteiger partial charge in [0.15, 0.2) is 0 Å². The molecule has 136 valence electrons. The van der Waals surface area contributed by atoms with Crippen LogP contribution >= 0.6 is 11.6 Å². The molecular formula is C22H30ClNO. The van der Waals surface area contributed by atoms with E-state index in [0.717, 1.165) is 47.4 Å². The molecule has 4 aliphatic carbocycles. The average molecular weight is 360 g/mol. The van der Waals surface area contributed by atoms with Crippen LogP contribution in [0.3, 0.4) is 0 Å². The van der Waals surface area contributed by atoms with E-state index < -0.39 is 0 Å². The maximum atomic E-state index is 6.48. The van der Waals surface area contributed by atoms with Crippen LogP contribution in [0.1, 0.15) is 61.6 Å². The summed E-state index contributed by atoms with van der Waals surface area (Å²) in [5.74, 6) is 4.20. The van der Waals surface area contributed by atoms with E-state index in [1.54, 1.807) is 0 Å². The molecule has 25 heavy (non-hydrogen) atoms. The van der Waals surface area contributed by atoms with Crippen molar-refractivity contribution in [3.05, 3.63) is 27.8 Å². The van der Waals surface area contributed by atoms with Crippen molar-refractivity contribution < 1.29 is 4.74 Å². The number of hydrogen-bond acceptors (Lipinski definition) is 2. The van der Waals surface area contributed by atoms with Crippen LogP contribution in [-0.4, -0.2) is 18.2 Å². The molecule has 0 aromatic heterocycles. The highest BCUT2D eigenvalue weighted by Gasteiger charge is 2.50. The SMILES string of the molecule is Cc1cc2c(c(C)c1Cl)CN(CCC13CC4CC(CC(C4)C1)C3)CO2. The van der Waals surface area contributed by atoms with Gasteiger partial charge in [-0.15, -0.1) is 0 Å². The van der Waals surface area contributed by atoms with Crippen LogP contribution in [0, 0.1) is 37.0 Å². The summed E-state index contributed by atoms with van der Waals surface area (Å²) in [6.45, 7) is 7.11. The lowest BCUT2D eigenvalue weighted by Crippen LogP contribution is -2.47. The van der Waals surface area contributed by atoms with Gasteiger partial charge in [-0.3, -0.25) is 4.90 Å². The van der Waals surface area contributed by atoms with Crippen molar-refractivity contribution in [2.24, 2.45) is 23.2 Å². The molecule has 5 aliphatic rings. The molecule has 3 heteroatoms. The third-order valence-corrected chi connectivity index (χ3v) is 8.26. The molecule has 0 radical (unpaired) electrons. The standard InChI is InChI=1S/C22H30ClNO/c1-14-5-20-19(15(2)21(14)23)12-24(13-25-20)4-3-22-9-16-6-17(10-22)8-18(7-16)11-22/h5,16-18H,3-4,6-13H2,1-2H3. The summed E-state index contributed by atoms with van der Waals surface area (Å²) in [4.78, 5) is 2.50. The Morgan fingerprint density at radius 1 is 1.12 bits per heavy atom. The lowest BCUT2D eigenvalue weighted by atomic mass is 9.49. The first-order valence-electron chi connectivity index (χ1n) is 10.1. The number of halogens is 1. The predicted octanol–water partition coefficient (Wildman–Crippen LogP) is 5.72. The van der Waals surface area contributed by atoms with Crippen LogP contribution < -0.4 is 4.74 Å². The number of benzene rings is 1. The van der Waals surface area contributed by atoms with Crippen LogP contribution in [0.25, 0.3) is 0 Å². The smallest absolute Gasteiger partial charge is 0.142 e. The highest BCUT2D eigenvalue weighted by molar-refractivity contribution is 6.32. The number of rotatable bonds is 3. The average Bonchev–Trinajstić information content (AvgIpc) is 2.57. The van der Waals surface area contributed by atoms with Gasteiger partial charge >= 0.3 is 0 Å². The molecule has 1 heterocycles. The monoisotopic (exact) mass is 359 g/mol. The Hall–Kier alpha value is -0.730. The Balaban J connectivity index is 1.28. The lowest BCUT2D eigenvalue weighted by molar-refractivity contribution is -0.0644. The van der Waals surface area contributed by atoms with Crippen LogP contribution in [-0.2, 0) is 6.54 Å². The second-order valence-corrected chi connectivity index (χ2v) is 9.98. The van der Waals surface area contributed by atoms with Crippen molar-refractivity contribution >= 4 is 11.6 Å². The minimum Gasteiger partial charge on any atom is -0.478 e. The van der Waals surface area contributed by atoms with E-state index >= 15 is 0 Å². The van der Waals surface area contributed by atoms with Crippen molar-refractivity contribution in [2.45, 2.75) is 65.3 Å². The minimum absolute atomic E-state index is 0.662. The zero-order valence-electron chi connectivity index (χ0n) is 15.6. The van der Waals surface area contributed by atoms with E-state index in [2.05, 4.69) is 24.8 Å². The van der Waals surface area contributed by atoms with Gasteiger partial charge in [-0.2, -0.15) is 0 Å². The van der Waals surface area contributed by atoms with E-state index in [1.165, 1.54) is 62.6 Å². The first kappa shape index (κ1) is 16.4. The molecule has 1 aromatic carbocycles. The highest BCUT2D eigenvalue weighted by atomic mass is 35.5. The second kappa shape index (κ2) is 5.89. The van der Waals surface area contributed by atoms with E-state index in [0.29, 0.717) is 5.41 Å². The summed E-state index contributed by atoms with van der Waals surface area (Å²) in [6.07, 6.45) is 10.5. The summed E-state index contributed by atoms with van der Waals surface area (Å²) in [5.41, 5.74) is 4.29. The maximum Gasteiger partial charge on any atom is 0.142 e. The fourth-order valence-corrected chi connectivity index (χ4v) is 7.02. The van der Waals surface area contributed by atoms with Gasteiger partial charge in [-0.25, -0.2) is 0 Å². The third-order valence-electron chi connectivity index (χ3n) is 7.68. The molecule has 4 saturated carbocycles. The summed E-state index contributed by atoms with van der Waals surface area (Å²) in [5, 5.41) is 0.908. The maximum absolute atomic E-state index is 6.48. The van der Waals surface area contributed by atoms with Gasteiger partial charge in [0.25, 0.3) is 0 Å². The van der Waals surface area contributed by atoms with E-state index in [1.807, 2.05) is 0 Å². The van der Waals surface area contributed by atoms with Crippen molar-refractivity contribution in [1.29, 1.82) is 0 Å². The van der Waals surface area contributed by atoms with Crippen molar-refractivity contribution in [3.63, 3.8) is 0 Å². The van der Waals surface area contributed by atoms with Crippen molar-refractivity contribution in [2.75, 3.05) is 13.3 Å². The summed E-state index contributed by atoms with van der Waals surface area (Å²) < 4.78 is 6.09. The molecule has 2 nitrogen and oxygen atoms in total. The molecule has 1 aliphatic heterocycles. The Bertz CT molecular complexity index is 662. The van der Waals surface area contributed by atoms with Gasteiger partial charge < -0.3 is 4.74 Å². The largest absolute Gasteiger partial charge is 0.478 e. The Morgan fingerprint density at radius 2 is 1.76 bits per heavy atom. The normalized spacial score (nSPS) is 36.4. The molecule has 4 fully saturated rings. The van der Waals surface area contributed by atoms with Gasteiger partial charge in [0, 0.05) is 23.7 Å². The number of nitrogens with zero attached hydrogens (tertiary/aromatic N) is 1. The molecule has 0 N–H and O–H groups in total. The fourth-order valence-electron chi connectivity index (χ4n) is 6.85. The first-order valence-corrected chi connectivity index (χ1v) is 10.5. The zero-order valence-corrected chi connectivity index (χ0v) is 16.4. The number of hydrogen-bond donors (Lipinski definition) is 0. The van der Waals surface area contributed by atoms with Crippen LogP contribution in [0.15, 0.2) is 6.07 Å². The third kappa shape index (κ3) is 2.80. The zero-order chi connectivity index (χ0) is 17.2. The van der Waals surface area contributed by atoms with E-state index in [4.69, 9.17) is 16.3 Å². The van der Waals surface area contributed by atoms with Gasteiger partial charge in [0.1, 0.15) is 12.5 Å².